The summed E-state index contributed by atoms with van der Waals surface area (Å²) in [6.07, 6.45) is 1.69. The summed E-state index contributed by atoms with van der Waals surface area (Å²) in [7, 11) is 3.44. The van der Waals surface area contributed by atoms with Gasteiger partial charge < -0.3 is 4.90 Å². The van der Waals surface area contributed by atoms with Crippen molar-refractivity contribution in [3.05, 3.63) is 24.4 Å². The number of aromatic nitrogens is 4. The number of hydrogen-bond acceptors (Lipinski definition) is 5. The lowest BCUT2D eigenvalue weighted by atomic mass is 10.3. The summed E-state index contributed by atoms with van der Waals surface area (Å²) in [6, 6.07) is 5.57. The quantitative estimate of drug-likeness (QED) is 0.834. The molecule has 0 atom stereocenters. The normalized spacial score (nSPS) is 10.3. The summed E-state index contributed by atoms with van der Waals surface area (Å²) < 4.78 is 0. The fourth-order valence-corrected chi connectivity index (χ4v) is 1.96. The molecule has 0 aromatic carbocycles. The van der Waals surface area contributed by atoms with Crippen LogP contribution in [0, 0.1) is 0 Å². The van der Waals surface area contributed by atoms with Crippen molar-refractivity contribution in [3.63, 3.8) is 0 Å². The van der Waals surface area contributed by atoms with Gasteiger partial charge in [0.2, 0.25) is 11.1 Å². The van der Waals surface area contributed by atoms with E-state index >= 15 is 0 Å². The largest absolute Gasteiger partial charge is 0.348 e. The maximum atomic E-state index is 11.4. The first-order valence-electron chi connectivity index (χ1n) is 5.33. The Morgan fingerprint density at radius 2 is 2.28 bits per heavy atom. The van der Waals surface area contributed by atoms with Crippen LogP contribution < -0.4 is 0 Å². The summed E-state index contributed by atoms with van der Waals surface area (Å²) in [6.45, 7) is 0. The number of H-pyrrole nitrogens is 1. The Balaban J connectivity index is 2.01. The average Bonchev–Trinajstić information content (AvgIpc) is 2.85. The molecule has 0 fully saturated rings. The molecule has 1 amide bonds. The van der Waals surface area contributed by atoms with Crippen LogP contribution >= 0.6 is 11.8 Å². The van der Waals surface area contributed by atoms with Gasteiger partial charge in [-0.3, -0.25) is 14.9 Å². The molecule has 0 spiro atoms. The van der Waals surface area contributed by atoms with Gasteiger partial charge in [-0.1, -0.05) is 17.8 Å². The Morgan fingerprint density at radius 1 is 1.44 bits per heavy atom. The molecule has 18 heavy (non-hydrogen) atoms. The summed E-state index contributed by atoms with van der Waals surface area (Å²) >= 11 is 1.30. The van der Waals surface area contributed by atoms with Crippen molar-refractivity contribution in [2.75, 3.05) is 19.8 Å². The Bertz CT molecular complexity index is 525. The Morgan fingerprint density at radius 3 is 2.94 bits per heavy atom. The Hall–Kier alpha value is -1.89. The third-order valence-corrected chi connectivity index (χ3v) is 3.03. The first-order valence-corrected chi connectivity index (χ1v) is 6.32. The highest BCUT2D eigenvalue weighted by atomic mass is 32.2. The van der Waals surface area contributed by atoms with Crippen molar-refractivity contribution in [2.45, 2.75) is 5.16 Å². The van der Waals surface area contributed by atoms with Gasteiger partial charge in [-0.2, -0.15) is 4.98 Å². The number of rotatable bonds is 4. The average molecular weight is 263 g/mol. The van der Waals surface area contributed by atoms with Gasteiger partial charge in [0.1, 0.15) is 5.69 Å². The molecule has 0 aliphatic heterocycles. The zero-order chi connectivity index (χ0) is 13.0. The minimum absolute atomic E-state index is 0.0317. The molecule has 0 radical (unpaired) electrons. The number of carbonyl (C=O) groups is 1. The molecule has 2 aromatic rings. The van der Waals surface area contributed by atoms with E-state index in [2.05, 4.69) is 20.2 Å². The van der Waals surface area contributed by atoms with Crippen LogP contribution in [0.5, 0.6) is 0 Å². The van der Waals surface area contributed by atoms with E-state index in [1.165, 1.54) is 11.8 Å². The van der Waals surface area contributed by atoms with Crippen molar-refractivity contribution in [3.8, 4) is 11.5 Å². The maximum absolute atomic E-state index is 11.4. The van der Waals surface area contributed by atoms with E-state index in [1.807, 2.05) is 18.2 Å². The van der Waals surface area contributed by atoms with Crippen molar-refractivity contribution in [1.82, 2.24) is 25.1 Å². The number of hydrogen-bond donors (Lipinski definition) is 1. The number of carbonyl (C=O) groups excluding carboxylic acids is 1. The second-order valence-corrected chi connectivity index (χ2v) is 4.70. The lowest BCUT2D eigenvalue weighted by Crippen LogP contribution is -2.23. The van der Waals surface area contributed by atoms with E-state index in [0.717, 1.165) is 5.69 Å². The number of amides is 1. The smallest absolute Gasteiger partial charge is 0.232 e. The van der Waals surface area contributed by atoms with E-state index in [4.69, 9.17) is 0 Å². The van der Waals surface area contributed by atoms with Crippen molar-refractivity contribution >= 4 is 17.7 Å². The number of thioether (sulfide) groups is 1. The molecule has 7 heteroatoms. The first kappa shape index (κ1) is 12.6. The van der Waals surface area contributed by atoms with Crippen molar-refractivity contribution in [2.24, 2.45) is 0 Å². The van der Waals surface area contributed by atoms with Crippen molar-refractivity contribution in [1.29, 1.82) is 0 Å². The minimum Gasteiger partial charge on any atom is -0.348 e. The Kier molecular flexibility index (Phi) is 3.93. The lowest BCUT2D eigenvalue weighted by Gasteiger charge is -2.07. The monoisotopic (exact) mass is 263 g/mol. The van der Waals surface area contributed by atoms with Crippen LogP contribution in [0.2, 0.25) is 0 Å². The van der Waals surface area contributed by atoms with Crippen LogP contribution in [0.25, 0.3) is 11.5 Å². The van der Waals surface area contributed by atoms with Crippen molar-refractivity contribution < 1.29 is 4.79 Å². The van der Waals surface area contributed by atoms with E-state index in [9.17, 15) is 4.79 Å². The fourth-order valence-electron chi connectivity index (χ4n) is 1.18. The highest BCUT2D eigenvalue weighted by molar-refractivity contribution is 7.99. The predicted octanol–water partition coefficient (Wildman–Crippen LogP) is 1.05. The molecule has 0 aliphatic rings. The van der Waals surface area contributed by atoms with E-state index in [0.29, 0.717) is 16.7 Å². The van der Waals surface area contributed by atoms with Crippen LogP contribution in [0.3, 0.4) is 0 Å². The van der Waals surface area contributed by atoms with Gasteiger partial charge in [0, 0.05) is 20.3 Å². The van der Waals surface area contributed by atoms with Gasteiger partial charge in [-0.15, -0.1) is 5.10 Å². The Labute approximate surface area is 109 Å². The lowest BCUT2D eigenvalue weighted by molar-refractivity contribution is -0.125. The molecule has 0 unspecified atom stereocenters. The second-order valence-electron chi connectivity index (χ2n) is 3.76. The van der Waals surface area contributed by atoms with Gasteiger partial charge >= 0.3 is 0 Å². The van der Waals surface area contributed by atoms with Gasteiger partial charge in [-0.05, 0) is 12.1 Å². The minimum atomic E-state index is 0.0317. The maximum Gasteiger partial charge on any atom is 0.232 e. The molecule has 2 aromatic heterocycles. The molecule has 6 nitrogen and oxygen atoms in total. The predicted molar refractivity (Wildman–Crippen MR) is 69.0 cm³/mol. The number of nitrogens with zero attached hydrogens (tertiary/aromatic N) is 4. The van der Waals surface area contributed by atoms with Crippen LogP contribution in [0.4, 0.5) is 0 Å². The van der Waals surface area contributed by atoms with Crippen LogP contribution in [-0.4, -0.2) is 50.8 Å². The van der Waals surface area contributed by atoms with Crippen LogP contribution in [0.1, 0.15) is 0 Å². The number of aromatic amines is 1. The topological polar surface area (TPSA) is 74.8 Å². The SMILES string of the molecule is CN(C)C(=O)CSc1n[nH]c(-c2ccccn2)n1. The molecular formula is C11H13N5OS. The van der Waals surface area contributed by atoms with Gasteiger partial charge in [-0.25, -0.2) is 0 Å². The van der Waals surface area contributed by atoms with Crippen LogP contribution in [-0.2, 0) is 4.79 Å². The standard InChI is InChI=1S/C11H13N5OS/c1-16(2)9(17)7-18-11-13-10(14-15-11)8-5-3-4-6-12-8/h3-6H,7H2,1-2H3,(H,13,14,15). The van der Waals surface area contributed by atoms with Gasteiger partial charge in [0.05, 0.1) is 5.75 Å². The van der Waals surface area contributed by atoms with E-state index in [-0.39, 0.29) is 5.91 Å². The highest BCUT2D eigenvalue weighted by Gasteiger charge is 2.10. The zero-order valence-electron chi connectivity index (χ0n) is 10.1. The highest BCUT2D eigenvalue weighted by Crippen LogP contribution is 2.17. The molecule has 1 N–H and O–H groups in total. The molecular weight excluding hydrogens is 250 g/mol. The molecule has 0 aliphatic carbocycles. The summed E-state index contributed by atoms with van der Waals surface area (Å²) in [5.41, 5.74) is 0.732. The van der Waals surface area contributed by atoms with Crippen LogP contribution in [0.15, 0.2) is 29.6 Å². The van der Waals surface area contributed by atoms with Gasteiger partial charge in [0.15, 0.2) is 5.82 Å². The number of nitrogens with one attached hydrogen (secondary N) is 1. The summed E-state index contributed by atoms with van der Waals surface area (Å²) in [5, 5.41) is 7.39. The molecule has 0 bridgehead atoms. The molecule has 2 rings (SSSR count). The molecule has 0 saturated carbocycles. The number of pyridine rings is 1. The zero-order valence-corrected chi connectivity index (χ0v) is 10.9. The third kappa shape index (κ3) is 3.07. The summed E-state index contributed by atoms with van der Waals surface area (Å²) in [5.74, 6) is 0.964. The van der Waals surface area contributed by atoms with Gasteiger partial charge in [0.25, 0.3) is 0 Å². The molecule has 0 saturated heterocycles. The summed E-state index contributed by atoms with van der Waals surface area (Å²) in [4.78, 5) is 21.4. The third-order valence-electron chi connectivity index (χ3n) is 2.20. The first-order chi connectivity index (χ1) is 8.66. The molecule has 94 valence electrons. The second kappa shape index (κ2) is 5.63. The molecule has 2 heterocycles. The van der Waals surface area contributed by atoms with E-state index in [1.54, 1.807) is 25.2 Å². The van der Waals surface area contributed by atoms with E-state index < -0.39 is 0 Å². The fraction of sp³-hybridized carbons (Fsp3) is 0.273.